The molecule has 7 saturated heterocycles. The number of hydrogen-bond acceptors (Lipinski definition) is 26. The lowest BCUT2D eigenvalue weighted by molar-refractivity contribution is -0.421. The largest absolute Gasteiger partial charge is 0.454 e. The summed E-state index contributed by atoms with van der Waals surface area (Å²) < 4.78 is 176. The second kappa shape index (κ2) is 50.8. The van der Waals surface area contributed by atoms with Gasteiger partial charge in [-0.1, -0.05) is 310 Å². The molecule has 0 saturated carbocycles. The van der Waals surface area contributed by atoms with E-state index in [1.165, 1.54) is 13.8 Å². The number of benzene rings is 10. The number of fused-ring (bicyclic) bond motifs is 1. The molecule has 0 radical (unpaired) electrons. The molecule has 7 fully saturated rings. The fourth-order valence-corrected chi connectivity index (χ4v) is 19.7. The first kappa shape index (κ1) is 104. The summed E-state index contributed by atoms with van der Waals surface area (Å²) in [5.41, 5.74) is 8.93. The lowest BCUT2D eigenvalue weighted by Crippen LogP contribution is -2.72. The molecular weight excluding hydrogens is 1810 g/mol. The Morgan fingerprint density at radius 2 is 0.577 bits per heavy atom. The minimum atomic E-state index is -1.66. The van der Waals surface area contributed by atoms with Crippen LogP contribution in [-0.4, -0.2) is 209 Å². The van der Waals surface area contributed by atoms with Gasteiger partial charge in [-0.2, -0.15) is 0 Å². The third-order valence-electron chi connectivity index (χ3n) is 26.9. The molecule has 1 N–H and O–H groups in total. The molecule has 12 unspecified atom stereocenters. The van der Waals surface area contributed by atoms with Crippen LogP contribution in [0, 0.1) is 5.92 Å². The first-order valence-electron chi connectivity index (χ1n) is 49.7. The average molecular weight is 1950 g/mol. The van der Waals surface area contributed by atoms with Crippen molar-refractivity contribution in [3.63, 3.8) is 0 Å². The van der Waals surface area contributed by atoms with Crippen molar-refractivity contribution in [2.24, 2.45) is 5.92 Å². The van der Waals surface area contributed by atoms with E-state index in [-0.39, 0.29) is 79.3 Å². The van der Waals surface area contributed by atoms with Crippen LogP contribution in [0.15, 0.2) is 303 Å². The predicted octanol–water partition coefficient (Wildman–Crippen LogP) is 17.1. The van der Waals surface area contributed by atoms with Gasteiger partial charge in [-0.15, -0.1) is 0 Å². The second-order valence-corrected chi connectivity index (χ2v) is 38.1. The zero-order valence-corrected chi connectivity index (χ0v) is 82.3. The molecule has 0 aromatic heterocycles. The number of nitrogens with one attached hydrogen (secondary N) is 1. The van der Waals surface area contributed by atoms with Gasteiger partial charge in [0.1, 0.15) is 104 Å². The Balaban J connectivity index is 0.796. The summed E-state index contributed by atoms with van der Waals surface area (Å²) in [6.45, 7) is 19.1. The van der Waals surface area contributed by atoms with Gasteiger partial charge in [0.25, 0.3) is 0 Å². The molecule has 0 aliphatic carbocycles. The third kappa shape index (κ3) is 27.7. The highest BCUT2D eigenvalue weighted by Crippen LogP contribution is 2.45. The van der Waals surface area contributed by atoms with Crippen LogP contribution in [0.4, 0.5) is 0 Å². The lowest BCUT2D eigenvalue weighted by atomic mass is 9.91. The molecule has 7 aliphatic heterocycles. The van der Waals surface area contributed by atoms with Crippen molar-refractivity contribution in [1.29, 1.82) is 0 Å². The van der Waals surface area contributed by atoms with Gasteiger partial charge in [-0.3, -0.25) is 9.59 Å². The number of rotatable bonds is 43. The summed E-state index contributed by atoms with van der Waals surface area (Å²) >= 11 is 0. The Morgan fingerprint density at radius 1 is 0.289 bits per heavy atom. The number of ether oxygens (including phenoxy) is 24. The normalized spacial score (nSPS) is 31.9. The Labute approximate surface area is 833 Å². The number of amides is 1. The molecule has 142 heavy (non-hydrogen) atoms. The highest BCUT2D eigenvalue weighted by atomic mass is 16.8. The van der Waals surface area contributed by atoms with Crippen molar-refractivity contribution in [3.8, 4) is 0 Å². The molecule has 7 heterocycles. The minimum absolute atomic E-state index is 0.0218. The number of esters is 1. The van der Waals surface area contributed by atoms with Crippen molar-refractivity contribution in [1.82, 2.24) is 5.32 Å². The van der Waals surface area contributed by atoms with Gasteiger partial charge in [0.15, 0.2) is 43.3 Å². The molecule has 0 spiro atoms. The SMILES string of the molecule is CC(=O)NC1[C@H](OC2[C@H](OC3[C@H](C)OC(C)[C@@H](OCc4ccccc4)[C@@H]3OCc3ccccc3)OC(C)[C@@H](OCc3ccccc3)[C@@H]2O[C@H]2O[C@@H](COCc3ccccc3)[C@H](OCc3ccccc3)C(OCc3ccccc3)C2OCc2ccccc2)OC2COC(C)(C)O[C@H]2[C@@H]1O[C@@H]1OC(C)[C@@H](OCc2ccccc2)[C@H](O[C@@H]2OC(C)[C@@H](OCc3ccccc3)[C@H](OCc3ccccc3)C2C)C1OC(C)=O. The van der Waals surface area contributed by atoms with E-state index in [2.05, 4.69) is 5.32 Å². The molecule has 10 aromatic carbocycles. The Kier molecular flexibility index (Phi) is 37.1. The highest BCUT2D eigenvalue weighted by Gasteiger charge is 2.62. The van der Waals surface area contributed by atoms with E-state index in [1.807, 2.05) is 345 Å². The van der Waals surface area contributed by atoms with Crippen LogP contribution < -0.4 is 5.32 Å². The maximum atomic E-state index is 15.0. The van der Waals surface area contributed by atoms with E-state index >= 15 is 4.79 Å². The Morgan fingerprint density at radius 3 is 0.979 bits per heavy atom. The van der Waals surface area contributed by atoms with Crippen LogP contribution in [0.3, 0.4) is 0 Å². The highest BCUT2D eigenvalue weighted by molar-refractivity contribution is 5.73. The summed E-state index contributed by atoms with van der Waals surface area (Å²) in [6, 6.07) is 97.2. The summed E-state index contributed by atoms with van der Waals surface area (Å²) in [7, 11) is 0. The predicted molar refractivity (Wildman–Crippen MR) is 523 cm³/mol. The van der Waals surface area contributed by atoms with Crippen molar-refractivity contribution in [2.45, 2.75) is 319 Å². The molecular formula is C115H135NO26. The first-order chi connectivity index (χ1) is 69.2. The van der Waals surface area contributed by atoms with Crippen molar-refractivity contribution in [3.05, 3.63) is 359 Å². The van der Waals surface area contributed by atoms with Crippen LogP contribution in [0.5, 0.6) is 0 Å². The third-order valence-corrected chi connectivity index (χ3v) is 26.9. The summed E-state index contributed by atoms with van der Waals surface area (Å²) in [5.74, 6) is -3.15. The van der Waals surface area contributed by atoms with Gasteiger partial charge in [-0.25, -0.2) is 0 Å². The summed E-state index contributed by atoms with van der Waals surface area (Å²) in [6.07, 6.45) is -30.7. The number of carbonyl (C=O) groups excluding carboxylic acids is 2. The zero-order valence-electron chi connectivity index (χ0n) is 82.3. The van der Waals surface area contributed by atoms with E-state index in [1.54, 1.807) is 13.8 Å². The monoisotopic (exact) mass is 1950 g/mol. The van der Waals surface area contributed by atoms with Crippen LogP contribution in [0.2, 0.25) is 0 Å². The fourth-order valence-electron chi connectivity index (χ4n) is 19.7. The van der Waals surface area contributed by atoms with Gasteiger partial charge in [0.05, 0.1) is 116 Å². The standard InChI is InChI=1S/C115H135NO26/c1-73-94(120-62-82-43-23-12-24-44-82)95(121-63-83-45-25-13-26-46-83)75(3)131-110(73)139-105-97(123-65-85-49-29-15-30-50-85)76(4)132-113(108(105)134-80(8)118)138-102-93(116-79(7)117)111(135-92-72-129-115(9,10)142-101(92)102)141-109-106(98(124-66-86-51-31-16-32-52-86)77(5)133-114(109)137-99-78(6)130-74(2)96(122-64-84-47-27-14-28-48-84)103(99)126-68-88-55-35-18-36-56-88)140-112-107(128-70-90-59-39-20-40-60-90)104(127-69-89-57-37-19-38-58-89)100(125-67-87-53-33-17-34-54-87)91(136-112)71-119-61-81-41-21-11-22-42-81/h11-60,73-78,91-114H,61-72H2,1-10H3,(H,116,117)/t73?,74?,75?,76?,77?,78-,91-,92?,93?,94+,95+,96+,97+,98+,99?,100-,101+,102+,103-,104?,105-,106-,107?,108?,109?,110-,111-,112+,113-,114-/m0/s1. The minimum Gasteiger partial charge on any atom is -0.454 e. The van der Waals surface area contributed by atoms with E-state index in [9.17, 15) is 4.79 Å². The van der Waals surface area contributed by atoms with Crippen LogP contribution in [0.25, 0.3) is 0 Å². The molecule has 7 aliphatic rings. The average Bonchev–Trinajstić information content (AvgIpc) is 0.749. The summed E-state index contributed by atoms with van der Waals surface area (Å²) in [4.78, 5) is 29.5. The van der Waals surface area contributed by atoms with E-state index < -0.39 is 201 Å². The zero-order chi connectivity index (χ0) is 98.3. The van der Waals surface area contributed by atoms with Crippen LogP contribution >= 0.6 is 0 Å². The molecule has 10 aromatic rings. The number of carbonyl (C=O) groups is 2. The molecule has 30 atom stereocenters. The van der Waals surface area contributed by atoms with Crippen LogP contribution in [0.1, 0.15) is 125 Å². The van der Waals surface area contributed by atoms with Gasteiger partial charge in [0.2, 0.25) is 5.91 Å². The number of hydrogen-bond donors (Lipinski definition) is 1. The molecule has 0 bridgehead atoms. The van der Waals surface area contributed by atoms with E-state index in [4.69, 9.17) is 114 Å². The molecule has 1 amide bonds. The van der Waals surface area contributed by atoms with Gasteiger partial charge in [0, 0.05) is 19.8 Å². The Bertz CT molecular complexity index is 5380. The molecule has 756 valence electrons. The quantitative estimate of drug-likeness (QED) is 0.0348. The van der Waals surface area contributed by atoms with Gasteiger partial charge >= 0.3 is 5.97 Å². The van der Waals surface area contributed by atoms with E-state index in [0.29, 0.717) is 0 Å². The topological polar surface area (TPSA) is 268 Å². The molecule has 27 nitrogen and oxygen atoms in total. The fraction of sp³-hybridized carbons (Fsp3) is 0.461. The molecule has 27 heteroatoms. The maximum Gasteiger partial charge on any atom is 0.303 e. The van der Waals surface area contributed by atoms with Crippen molar-refractivity contribution < 1.29 is 123 Å². The molecule has 17 rings (SSSR count). The first-order valence-corrected chi connectivity index (χ1v) is 49.7. The summed E-state index contributed by atoms with van der Waals surface area (Å²) in [5, 5.41) is 3.26. The maximum absolute atomic E-state index is 15.0. The van der Waals surface area contributed by atoms with Gasteiger partial charge in [-0.05, 0) is 104 Å². The second-order valence-electron chi connectivity index (χ2n) is 38.1. The van der Waals surface area contributed by atoms with Crippen LogP contribution in [-0.2, 0) is 189 Å². The smallest absolute Gasteiger partial charge is 0.303 e. The Hall–Kier alpha value is -9.78. The van der Waals surface area contributed by atoms with Gasteiger partial charge < -0.3 is 119 Å². The van der Waals surface area contributed by atoms with Crippen molar-refractivity contribution >= 4 is 11.9 Å². The van der Waals surface area contributed by atoms with E-state index in [0.717, 1.165) is 55.6 Å². The lowest BCUT2D eigenvalue weighted by Gasteiger charge is -2.55. The van der Waals surface area contributed by atoms with Crippen molar-refractivity contribution in [2.75, 3.05) is 13.2 Å².